The molecule has 0 aromatic heterocycles. The monoisotopic (exact) mass is 542 g/mol. The van der Waals surface area contributed by atoms with Crippen LogP contribution < -0.4 is 15.4 Å². The molecule has 2 saturated carbocycles. The topological polar surface area (TPSA) is 111 Å². The van der Waals surface area contributed by atoms with Crippen LogP contribution in [-0.2, 0) is 4.79 Å². The Kier molecular flexibility index (Phi) is 10.1. The van der Waals surface area contributed by atoms with E-state index in [0.29, 0.717) is 30.1 Å². The molecule has 1 aromatic carbocycles. The molecule has 1 aliphatic heterocycles. The van der Waals surface area contributed by atoms with Crippen LogP contribution in [0.1, 0.15) is 88.4 Å². The predicted octanol–water partition coefficient (Wildman–Crippen LogP) is 4.40. The number of hydrogen-bond donors (Lipinski definition) is 3. The fourth-order valence-corrected chi connectivity index (χ4v) is 6.04. The summed E-state index contributed by atoms with van der Waals surface area (Å²) in [4.78, 5) is 43.2. The number of amides is 4. The highest BCUT2D eigenvalue weighted by Gasteiger charge is 2.35. The summed E-state index contributed by atoms with van der Waals surface area (Å²) in [5.41, 5.74) is 0.824. The van der Waals surface area contributed by atoms with Crippen molar-refractivity contribution in [2.24, 2.45) is 11.8 Å². The number of likely N-dealkylation sites (N-methyl/N-ethyl adjacent to an activating group) is 1. The lowest BCUT2D eigenvalue weighted by Crippen LogP contribution is -2.52. The van der Waals surface area contributed by atoms with Gasteiger partial charge in [0.1, 0.15) is 6.10 Å². The van der Waals surface area contributed by atoms with Gasteiger partial charge < -0.3 is 30.3 Å². The minimum atomic E-state index is -0.430. The molecular weight excluding hydrogens is 496 g/mol. The highest BCUT2D eigenvalue weighted by molar-refractivity contribution is 6.02. The van der Waals surface area contributed by atoms with Gasteiger partial charge in [-0.1, -0.05) is 51.5 Å². The maximum Gasteiger partial charge on any atom is 0.317 e. The predicted molar refractivity (Wildman–Crippen MR) is 151 cm³/mol. The van der Waals surface area contributed by atoms with Gasteiger partial charge in [-0.3, -0.25) is 9.59 Å². The zero-order valence-electron chi connectivity index (χ0n) is 23.8. The molecule has 2 aliphatic carbocycles. The largest absolute Gasteiger partial charge is 0.485 e. The molecule has 1 aromatic rings. The van der Waals surface area contributed by atoms with Crippen molar-refractivity contribution < 1.29 is 24.2 Å². The van der Waals surface area contributed by atoms with Gasteiger partial charge in [-0.15, -0.1) is 0 Å². The van der Waals surface area contributed by atoms with E-state index in [1.807, 2.05) is 13.8 Å². The Balaban J connectivity index is 1.59. The lowest BCUT2D eigenvalue weighted by Gasteiger charge is -2.38. The number of benzene rings is 1. The first-order valence-corrected chi connectivity index (χ1v) is 14.8. The molecule has 0 bridgehead atoms. The van der Waals surface area contributed by atoms with E-state index in [1.54, 1.807) is 35.0 Å². The second kappa shape index (κ2) is 13.5. The van der Waals surface area contributed by atoms with Gasteiger partial charge in [-0.2, -0.15) is 0 Å². The van der Waals surface area contributed by atoms with Gasteiger partial charge in [0.15, 0.2) is 5.75 Å². The number of para-hydroxylation sites is 1. The van der Waals surface area contributed by atoms with E-state index in [4.69, 9.17) is 4.74 Å². The van der Waals surface area contributed by atoms with Crippen molar-refractivity contribution in [3.8, 4) is 5.75 Å². The highest BCUT2D eigenvalue weighted by atomic mass is 16.5. The molecule has 3 atom stereocenters. The van der Waals surface area contributed by atoms with E-state index < -0.39 is 6.10 Å². The summed E-state index contributed by atoms with van der Waals surface area (Å²) in [5.74, 6) is -0.138. The normalized spacial score (nSPS) is 23.6. The average molecular weight is 543 g/mol. The van der Waals surface area contributed by atoms with E-state index in [-0.39, 0.29) is 48.4 Å². The highest BCUT2D eigenvalue weighted by Crippen LogP contribution is 2.36. The Morgan fingerprint density at radius 1 is 1.10 bits per heavy atom. The second-order valence-electron chi connectivity index (χ2n) is 11.8. The lowest BCUT2D eigenvalue weighted by atomic mass is 9.88. The van der Waals surface area contributed by atoms with Crippen LogP contribution in [0.3, 0.4) is 0 Å². The maximum atomic E-state index is 13.7. The number of ether oxygens (including phenoxy) is 1. The number of urea groups is 1. The molecule has 4 amide bonds. The lowest BCUT2D eigenvalue weighted by molar-refractivity contribution is -0.120. The van der Waals surface area contributed by atoms with E-state index in [9.17, 15) is 19.5 Å². The molecule has 1 heterocycles. The Labute approximate surface area is 232 Å². The van der Waals surface area contributed by atoms with Crippen molar-refractivity contribution >= 4 is 23.5 Å². The molecule has 9 heteroatoms. The molecule has 3 aliphatic rings. The molecule has 0 radical (unpaired) electrons. The molecule has 9 nitrogen and oxygen atoms in total. The number of carbonyl (C=O) groups is 3. The third-order valence-corrected chi connectivity index (χ3v) is 8.66. The Hall–Kier alpha value is -2.81. The maximum absolute atomic E-state index is 13.7. The standard InChI is InChI=1S/C30H46N4O5/c1-20-17-34(21(2)19-35)29(37)24-15-10-16-25(32-28(36)22-11-6-4-7-12-22)27(24)39-26(20)18-33(3)30(38)31-23-13-8-5-9-14-23/h10,15-16,20-23,26,35H,4-9,11-14,17-19H2,1-3H3,(H,31,38)(H,32,36)/t20-,21+,26+/m1/s1. The number of carbonyl (C=O) groups excluding carboxylic acids is 3. The number of fused-ring (bicyclic) bond motifs is 1. The molecule has 216 valence electrons. The van der Waals surface area contributed by atoms with Crippen LogP contribution in [-0.4, -0.2) is 77.7 Å². The number of hydrogen-bond acceptors (Lipinski definition) is 5. The van der Waals surface area contributed by atoms with E-state index in [1.165, 1.54) is 6.42 Å². The minimum Gasteiger partial charge on any atom is -0.485 e. The van der Waals surface area contributed by atoms with Crippen LogP contribution in [0.15, 0.2) is 18.2 Å². The second-order valence-corrected chi connectivity index (χ2v) is 11.8. The molecule has 4 rings (SSSR count). The van der Waals surface area contributed by atoms with E-state index >= 15 is 0 Å². The number of anilines is 1. The van der Waals surface area contributed by atoms with Crippen LogP contribution in [0, 0.1) is 11.8 Å². The van der Waals surface area contributed by atoms with Gasteiger partial charge >= 0.3 is 6.03 Å². The smallest absolute Gasteiger partial charge is 0.317 e. The van der Waals surface area contributed by atoms with Crippen molar-refractivity contribution in [1.29, 1.82) is 0 Å². The summed E-state index contributed by atoms with van der Waals surface area (Å²) < 4.78 is 6.57. The quantitative estimate of drug-likeness (QED) is 0.473. The van der Waals surface area contributed by atoms with Crippen molar-refractivity contribution in [3.63, 3.8) is 0 Å². The summed E-state index contributed by atoms with van der Waals surface area (Å²) >= 11 is 0. The molecule has 2 fully saturated rings. The average Bonchev–Trinajstić information content (AvgIpc) is 2.95. The van der Waals surface area contributed by atoms with Gasteiger partial charge in [-0.25, -0.2) is 4.79 Å². The number of nitrogens with one attached hydrogen (secondary N) is 2. The zero-order chi connectivity index (χ0) is 27.9. The van der Waals surface area contributed by atoms with Crippen LogP contribution in [0.4, 0.5) is 10.5 Å². The molecule has 0 unspecified atom stereocenters. The number of rotatable bonds is 7. The molecule has 0 spiro atoms. The van der Waals surface area contributed by atoms with Gasteiger partial charge in [0.2, 0.25) is 5.91 Å². The van der Waals surface area contributed by atoms with Gasteiger partial charge in [0.05, 0.1) is 30.4 Å². The van der Waals surface area contributed by atoms with Crippen molar-refractivity contribution in [2.75, 3.05) is 32.1 Å². The third-order valence-electron chi connectivity index (χ3n) is 8.66. The van der Waals surface area contributed by atoms with Crippen molar-refractivity contribution in [1.82, 2.24) is 15.1 Å². The fraction of sp³-hybridized carbons (Fsp3) is 0.700. The van der Waals surface area contributed by atoms with Crippen LogP contribution in [0.5, 0.6) is 5.75 Å². The molecule has 0 saturated heterocycles. The zero-order valence-corrected chi connectivity index (χ0v) is 23.8. The summed E-state index contributed by atoms with van der Waals surface area (Å²) in [7, 11) is 1.77. The van der Waals surface area contributed by atoms with Crippen LogP contribution in [0.2, 0.25) is 0 Å². The summed E-state index contributed by atoms with van der Waals surface area (Å²) in [6, 6.07) is 4.91. The van der Waals surface area contributed by atoms with Gasteiger partial charge in [0.25, 0.3) is 5.91 Å². The first-order chi connectivity index (χ1) is 18.8. The first kappa shape index (κ1) is 29.2. The summed E-state index contributed by atoms with van der Waals surface area (Å²) in [6.45, 7) is 4.35. The SMILES string of the molecule is C[C@@H]1CN([C@@H](C)CO)C(=O)c2cccc(NC(=O)C3CCCCC3)c2O[C@H]1CN(C)C(=O)NC1CCCCC1. The third kappa shape index (κ3) is 7.24. The minimum absolute atomic E-state index is 0.0460. The Bertz CT molecular complexity index is 1010. The summed E-state index contributed by atoms with van der Waals surface area (Å²) in [5, 5.41) is 16.1. The van der Waals surface area contributed by atoms with Crippen molar-refractivity contribution in [3.05, 3.63) is 23.8 Å². The van der Waals surface area contributed by atoms with Crippen molar-refractivity contribution in [2.45, 2.75) is 96.2 Å². The van der Waals surface area contributed by atoms with Crippen LogP contribution >= 0.6 is 0 Å². The number of nitrogens with zero attached hydrogens (tertiary/aromatic N) is 2. The van der Waals surface area contributed by atoms with E-state index in [2.05, 4.69) is 10.6 Å². The van der Waals surface area contributed by atoms with Crippen LogP contribution in [0.25, 0.3) is 0 Å². The molecule has 3 N–H and O–H groups in total. The Morgan fingerprint density at radius 2 is 1.77 bits per heavy atom. The molecule has 39 heavy (non-hydrogen) atoms. The summed E-state index contributed by atoms with van der Waals surface area (Å²) in [6.07, 6.45) is 10.0. The van der Waals surface area contributed by atoms with Gasteiger partial charge in [-0.05, 0) is 44.7 Å². The Morgan fingerprint density at radius 3 is 2.44 bits per heavy atom. The number of aliphatic hydroxyl groups is 1. The molecular formula is C30H46N4O5. The van der Waals surface area contributed by atoms with Gasteiger partial charge in [0, 0.05) is 31.5 Å². The van der Waals surface area contributed by atoms with E-state index in [0.717, 1.165) is 57.8 Å². The first-order valence-electron chi connectivity index (χ1n) is 14.8. The fourth-order valence-electron chi connectivity index (χ4n) is 6.04. The number of aliphatic hydroxyl groups excluding tert-OH is 1.